The number of anilines is 2. The molecule has 0 radical (unpaired) electrons. The van der Waals surface area contributed by atoms with Crippen LogP contribution in [0.5, 0.6) is 11.5 Å². The van der Waals surface area contributed by atoms with Crippen molar-refractivity contribution in [3.05, 3.63) is 119 Å². The van der Waals surface area contributed by atoms with Gasteiger partial charge in [0.05, 0.1) is 5.25 Å². The molecule has 0 fully saturated rings. The predicted molar refractivity (Wildman–Crippen MR) is 174 cm³/mol. The summed E-state index contributed by atoms with van der Waals surface area (Å²) in [6.45, 7) is 4.88. The third kappa shape index (κ3) is 8.08. The molecule has 4 aromatic carbocycles. The summed E-state index contributed by atoms with van der Waals surface area (Å²) < 4.78 is 11.2. The number of aryl methyl sites for hydroxylation is 1. The minimum Gasteiger partial charge on any atom is -0.486 e. The van der Waals surface area contributed by atoms with Crippen molar-refractivity contribution in [1.82, 2.24) is 5.32 Å². The second-order valence-electron chi connectivity index (χ2n) is 10.1. The Morgan fingerprint density at radius 3 is 2.34 bits per heavy atom. The average molecular weight is 608 g/mol. The molecule has 5 rings (SSSR count). The van der Waals surface area contributed by atoms with E-state index >= 15 is 0 Å². The van der Waals surface area contributed by atoms with Crippen LogP contribution < -0.4 is 25.4 Å². The summed E-state index contributed by atoms with van der Waals surface area (Å²) in [6.07, 6.45) is 2.24. The summed E-state index contributed by atoms with van der Waals surface area (Å²) in [4.78, 5) is 40.4. The Morgan fingerprint density at radius 2 is 1.57 bits per heavy atom. The van der Waals surface area contributed by atoms with Crippen LogP contribution in [-0.4, -0.2) is 36.2 Å². The number of benzene rings is 4. The fourth-order valence-corrected chi connectivity index (χ4v) is 5.56. The molecule has 0 saturated heterocycles. The molecule has 3 amide bonds. The Kier molecular flexibility index (Phi) is 9.99. The zero-order valence-corrected chi connectivity index (χ0v) is 25.3. The molecule has 0 saturated carbocycles. The summed E-state index contributed by atoms with van der Waals surface area (Å²) in [6, 6.07) is 29.0. The number of thioether (sulfide) groups is 1. The van der Waals surface area contributed by atoms with Crippen LogP contribution in [0.1, 0.15) is 34.8 Å². The molecule has 1 aliphatic rings. The van der Waals surface area contributed by atoms with Gasteiger partial charge in [-0.05, 0) is 67.4 Å². The Balaban J connectivity index is 1.29. The lowest BCUT2D eigenvalue weighted by atomic mass is 10.1. The highest BCUT2D eigenvalue weighted by Crippen LogP contribution is 2.34. The molecule has 44 heavy (non-hydrogen) atoms. The quantitative estimate of drug-likeness (QED) is 0.137. The molecular weight excluding hydrogens is 574 g/mol. The van der Waals surface area contributed by atoms with E-state index in [1.54, 1.807) is 54.6 Å². The zero-order chi connectivity index (χ0) is 30.9. The van der Waals surface area contributed by atoms with Gasteiger partial charge in [-0.1, -0.05) is 61.0 Å². The lowest BCUT2D eigenvalue weighted by molar-refractivity contribution is -0.116. The number of fused-ring (bicyclic) bond motifs is 1. The monoisotopic (exact) mass is 607 g/mol. The number of carbonyl (C=O) groups is 3. The first-order valence-corrected chi connectivity index (χ1v) is 15.2. The highest BCUT2D eigenvalue weighted by molar-refractivity contribution is 8.00. The molecule has 0 spiro atoms. The van der Waals surface area contributed by atoms with E-state index in [-0.39, 0.29) is 16.9 Å². The first-order valence-electron chi connectivity index (χ1n) is 14.3. The van der Waals surface area contributed by atoms with Gasteiger partial charge in [0.25, 0.3) is 11.8 Å². The number of carbonyl (C=O) groups excluding carboxylic acids is 3. The molecular formula is C35H33N3O5S. The van der Waals surface area contributed by atoms with E-state index in [4.69, 9.17) is 9.47 Å². The van der Waals surface area contributed by atoms with Crippen LogP contribution in [0.3, 0.4) is 0 Å². The van der Waals surface area contributed by atoms with Crippen molar-refractivity contribution in [2.24, 2.45) is 0 Å². The number of nitrogens with one attached hydrogen (secondary N) is 3. The Morgan fingerprint density at radius 1 is 0.818 bits per heavy atom. The van der Waals surface area contributed by atoms with Crippen LogP contribution in [0.25, 0.3) is 6.08 Å². The van der Waals surface area contributed by atoms with Gasteiger partial charge in [0.1, 0.15) is 18.9 Å². The average Bonchev–Trinajstić information content (AvgIpc) is 3.03. The van der Waals surface area contributed by atoms with Crippen molar-refractivity contribution >= 4 is 46.9 Å². The van der Waals surface area contributed by atoms with Crippen molar-refractivity contribution in [3.63, 3.8) is 0 Å². The number of hydrogen-bond acceptors (Lipinski definition) is 6. The summed E-state index contributed by atoms with van der Waals surface area (Å²) in [5.74, 6) is 0.260. The van der Waals surface area contributed by atoms with E-state index < -0.39 is 11.8 Å². The van der Waals surface area contributed by atoms with Crippen molar-refractivity contribution < 1.29 is 23.9 Å². The van der Waals surface area contributed by atoms with E-state index in [1.165, 1.54) is 11.8 Å². The van der Waals surface area contributed by atoms with Gasteiger partial charge in [-0.3, -0.25) is 14.4 Å². The number of hydrogen-bond donors (Lipinski definition) is 3. The first-order chi connectivity index (χ1) is 21.4. The fraction of sp³-hybridized carbons (Fsp3) is 0.171. The summed E-state index contributed by atoms with van der Waals surface area (Å²) in [7, 11) is 0. The third-order valence-electron chi connectivity index (χ3n) is 6.73. The normalized spacial score (nSPS) is 13.0. The number of ether oxygens (including phenoxy) is 2. The van der Waals surface area contributed by atoms with E-state index in [0.29, 0.717) is 48.1 Å². The number of rotatable bonds is 10. The Hall–Kier alpha value is -5.02. The highest BCUT2D eigenvalue weighted by Gasteiger charge is 2.21. The molecule has 0 aliphatic carbocycles. The van der Waals surface area contributed by atoms with E-state index in [0.717, 1.165) is 16.0 Å². The standard InChI is InChI=1S/C35H33N3O5S/c1-3-32(35(41)37-27-15-16-30-31(22-27)43-18-17-42-30)44-28-14-8-13-26(21-28)36-34(40)29(20-24-10-7-9-23(2)19-24)38-33(39)25-11-5-4-6-12-25/h4-16,19-22,32H,3,17-18H2,1-2H3,(H,36,40)(H,37,41)(H,38,39)/b29-20+. The Bertz CT molecular complexity index is 1690. The highest BCUT2D eigenvalue weighted by atomic mass is 32.2. The predicted octanol–water partition coefficient (Wildman–Crippen LogP) is 6.69. The SMILES string of the molecule is CCC(Sc1cccc(NC(=O)/C(=C\c2cccc(C)c2)NC(=O)c2ccccc2)c1)C(=O)Nc1ccc2c(c1)OCCO2. The molecule has 9 heteroatoms. The van der Waals surface area contributed by atoms with Gasteiger partial charge < -0.3 is 25.4 Å². The maximum absolute atomic E-state index is 13.5. The van der Waals surface area contributed by atoms with Crippen molar-refractivity contribution in [1.29, 1.82) is 0 Å². The minimum absolute atomic E-state index is 0.104. The van der Waals surface area contributed by atoms with Gasteiger partial charge in [-0.15, -0.1) is 11.8 Å². The molecule has 8 nitrogen and oxygen atoms in total. The van der Waals surface area contributed by atoms with Crippen LogP contribution in [0.15, 0.2) is 108 Å². The number of amides is 3. The molecule has 1 unspecified atom stereocenters. The largest absolute Gasteiger partial charge is 0.486 e. The fourth-order valence-electron chi connectivity index (χ4n) is 4.54. The van der Waals surface area contributed by atoms with Gasteiger partial charge in [0.2, 0.25) is 5.91 Å². The van der Waals surface area contributed by atoms with Gasteiger partial charge in [-0.2, -0.15) is 0 Å². The summed E-state index contributed by atoms with van der Waals surface area (Å²) in [5.41, 5.74) is 3.52. The maximum Gasteiger partial charge on any atom is 0.272 e. The molecule has 3 N–H and O–H groups in total. The van der Waals surface area contributed by atoms with Crippen molar-refractivity contribution in [2.75, 3.05) is 23.8 Å². The smallest absolute Gasteiger partial charge is 0.272 e. The molecule has 1 aliphatic heterocycles. The lowest BCUT2D eigenvalue weighted by Crippen LogP contribution is -2.30. The molecule has 1 atom stereocenters. The third-order valence-corrected chi connectivity index (χ3v) is 8.08. The van der Waals surface area contributed by atoms with E-state index in [1.807, 2.05) is 62.4 Å². The zero-order valence-electron chi connectivity index (χ0n) is 24.5. The lowest BCUT2D eigenvalue weighted by Gasteiger charge is -2.20. The first kappa shape index (κ1) is 30.4. The van der Waals surface area contributed by atoms with Crippen LogP contribution in [-0.2, 0) is 9.59 Å². The molecule has 1 heterocycles. The van der Waals surface area contributed by atoms with Crippen LogP contribution in [0, 0.1) is 6.92 Å². The van der Waals surface area contributed by atoms with Crippen LogP contribution >= 0.6 is 11.8 Å². The second kappa shape index (κ2) is 14.4. The van der Waals surface area contributed by atoms with Gasteiger partial charge >= 0.3 is 0 Å². The van der Waals surface area contributed by atoms with Gasteiger partial charge in [0, 0.05) is 27.9 Å². The second-order valence-corrected chi connectivity index (χ2v) is 11.4. The molecule has 0 bridgehead atoms. The summed E-state index contributed by atoms with van der Waals surface area (Å²) in [5, 5.41) is 8.26. The molecule has 4 aromatic rings. The van der Waals surface area contributed by atoms with Crippen molar-refractivity contribution in [3.8, 4) is 11.5 Å². The summed E-state index contributed by atoms with van der Waals surface area (Å²) >= 11 is 1.40. The van der Waals surface area contributed by atoms with Gasteiger partial charge in [0.15, 0.2) is 11.5 Å². The van der Waals surface area contributed by atoms with Crippen LogP contribution in [0.4, 0.5) is 11.4 Å². The van der Waals surface area contributed by atoms with E-state index in [2.05, 4.69) is 16.0 Å². The van der Waals surface area contributed by atoms with Crippen molar-refractivity contribution in [2.45, 2.75) is 30.4 Å². The Labute approximate surface area is 260 Å². The van der Waals surface area contributed by atoms with E-state index in [9.17, 15) is 14.4 Å². The molecule has 0 aromatic heterocycles. The minimum atomic E-state index is -0.471. The topological polar surface area (TPSA) is 106 Å². The van der Waals surface area contributed by atoms with Gasteiger partial charge in [-0.25, -0.2) is 0 Å². The maximum atomic E-state index is 13.5. The van der Waals surface area contributed by atoms with Crippen LogP contribution in [0.2, 0.25) is 0 Å². The molecule has 224 valence electrons.